The lowest BCUT2D eigenvalue weighted by Crippen LogP contribution is -2.36. The lowest BCUT2D eigenvalue weighted by molar-refractivity contribution is -0.117. The second-order valence-electron chi connectivity index (χ2n) is 7.39. The summed E-state index contributed by atoms with van der Waals surface area (Å²) in [4.78, 5) is 17.3. The molecule has 0 atom stereocenters. The van der Waals surface area contributed by atoms with Crippen molar-refractivity contribution in [1.82, 2.24) is 4.90 Å². The summed E-state index contributed by atoms with van der Waals surface area (Å²) >= 11 is 0. The van der Waals surface area contributed by atoms with Gasteiger partial charge in [0.05, 0.1) is 13.7 Å². The van der Waals surface area contributed by atoms with E-state index in [1.807, 2.05) is 42.5 Å². The number of benzene rings is 3. The molecule has 1 heterocycles. The summed E-state index contributed by atoms with van der Waals surface area (Å²) in [7, 11) is 1.68. The van der Waals surface area contributed by atoms with Gasteiger partial charge in [-0.1, -0.05) is 36.4 Å². The fourth-order valence-corrected chi connectivity index (χ4v) is 3.91. The molecule has 1 saturated heterocycles. The number of nitrogens with one attached hydrogen (secondary N) is 1. The number of methoxy groups -OCH3 is 1. The van der Waals surface area contributed by atoms with Crippen LogP contribution in [0.2, 0.25) is 0 Å². The van der Waals surface area contributed by atoms with Crippen molar-refractivity contribution >= 4 is 28.1 Å². The van der Waals surface area contributed by atoms with Gasteiger partial charge in [-0.25, -0.2) is 0 Å². The third-order valence-electron chi connectivity index (χ3n) is 5.46. The van der Waals surface area contributed by atoms with Gasteiger partial charge >= 0.3 is 0 Å². The first-order chi connectivity index (χ1) is 14.2. The van der Waals surface area contributed by atoms with Crippen LogP contribution in [0.15, 0.2) is 66.7 Å². The van der Waals surface area contributed by atoms with E-state index in [0.29, 0.717) is 6.54 Å². The van der Waals surface area contributed by atoms with E-state index in [1.54, 1.807) is 7.11 Å². The molecule has 5 heteroatoms. The highest BCUT2D eigenvalue weighted by Crippen LogP contribution is 2.23. The van der Waals surface area contributed by atoms with Crippen LogP contribution in [0.4, 0.5) is 11.4 Å². The molecule has 1 fully saturated rings. The molecule has 0 bridgehead atoms. The van der Waals surface area contributed by atoms with Gasteiger partial charge in [0.25, 0.3) is 0 Å². The third kappa shape index (κ3) is 4.69. The molecule has 3 aromatic carbocycles. The van der Waals surface area contributed by atoms with Crippen LogP contribution < -0.4 is 15.0 Å². The van der Waals surface area contributed by atoms with Crippen molar-refractivity contribution in [3.05, 3.63) is 66.7 Å². The Hall–Kier alpha value is -3.05. The van der Waals surface area contributed by atoms with Crippen LogP contribution in [0.1, 0.15) is 6.42 Å². The van der Waals surface area contributed by atoms with Crippen molar-refractivity contribution in [3.8, 4) is 5.75 Å². The molecule has 3 aromatic rings. The molecule has 0 saturated carbocycles. The highest BCUT2D eigenvalue weighted by molar-refractivity contribution is 6.02. The predicted molar refractivity (Wildman–Crippen MR) is 119 cm³/mol. The SMILES string of the molecule is COc1ccc(N2CCCN(CC(=O)Nc3cccc4ccccc34)CC2)cc1. The summed E-state index contributed by atoms with van der Waals surface area (Å²) in [5.74, 6) is 0.912. The maximum Gasteiger partial charge on any atom is 0.238 e. The molecule has 1 aliphatic rings. The summed E-state index contributed by atoms with van der Waals surface area (Å²) < 4.78 is 5.25. The Bertz CT molecular complexity index is 966. The molecule has 1 N–H and O–H groups in total. The van der Waals surface area contributed by atoms with Crippen molar-refractivity contribution in [2.75, 3.05) is 50.1 Å². The fourth-order valence-electron chi connectivity index (χ4n) is 3.91. The molecule has 5 nitrogen and oxygen atoms in total. The van der Waals surface area contributed by atoms with Crippen LogP contribution in [0, 0.1) is 0 Å². The number of carbonyl (C=O) groups excluding carboxylic acids is 1. The summed E-state index contributed by atoms with van der Waals surface area (Å²) in [5.41, 5.74) is 2.08. The average molecular weight is 389 g/mol. The molecule has 1 amide bonds. The maximum absolute atomic E-state index is 12.7. The van der Waals surface area contributed by atoms with E-state index in [0.717, 1.165) is 54.8 Å². The van der Waals surface area contributed by atoms with E-state index in [4.69, 9.17) is 4.74 Å². The van der Waals surface area contributed by atoms with Gasteiger partial charge in [-0.3, -0.25) is 9.69 Å². The van der Waals surface area contributed by atoms with Gasteiger partial charge in [-0.15, -0.1) is 0 Å². The Morgan fingerprint density at radius 2 is 1.72 bits per heavy atom. The van der Waals surface area contributed by atoms with Gasteiger partial charge in [-0.05, 0) is 42.1 Å². The van der Waals surface area contributed by atoms with Crippen LogP contribution in [-0.4, -0.2) is 50.6 Å². The van der Waals surface area contributed by atoms with Gasteiger partial charge in [0.1, 0.15) is 5.75 Å². The van der Waals surface area contributed by atoms with Crippen LogP contribution >= 0.6 is 0 Å². The van der Waals surface area contributed by atoms with E-state index in [9.17, 15) is 4.79 Å². The van der Waals surface area contributed by atoms with E-state index in [-0.39, 0.29) is 5.91 Å². The standard InChI is InChI=1S/C24H27N3O2/c1-29-21-12-10-20(11-13-21)27-15-5-14-26(16-17-27)18-24(28)25-23-9-4-7-19-6-2-3-8-22(19)23/h2-4,6-13H,5,14-18H2,1H3,(H,25,28). The molecular weight excluding hydrogens is 362 g/mol. The zero-order valence-electron chi connectivity index (χ0n) is 16.8. The second-order valence-corrected chi connectivity index (χ2v) is 7.39. The maximum atomic E-state index is 12.7. The van der Waals surface area contributed by atoms with Crippen LogP contribution in [0.3, 0.4) is 0 Å². The molecule has 0 aliphatic carbocycles. The number of carbonyl (C=O) groups is 1. The lowest BCUT2D eigenvalue weighted by Gasteiger charge is -2.23. The zero-order chi connectivity index (χ0) is 20.1. The summed E-state index contributed by atoms with van der Waals surface area (Å²) in [5, 5.41) is 5.31. The molecule has 0 spiro atoms. The molecule has 4 rings (SSSR count). The van der Waals surface area contributed by atoms with Crippen molar-refractivity contribution in [3.63, 3.8) is 0 Å². The first-order valence-electron chi connectivity index (χ1n) is 10.1. The number of nitrogens with zero attached hydrogens (tertiary/aromatic N) is 2. The number of hydrogen-bond donors (Lipinski definition) is 1. The third-order valence-corrected chi connectivity index (χ3v) is 5.46. The Labute approximate surface area is 171 Å². The molecule has 150 valence electrons. The van der Waals surface area contributed by atoms with E-state index in [1.165, 1.54) is 5.69 Å². The number of fused-ring (bicyclic) bond motifs is 1. The minimum absolute atomic E-state index is 0.0410. The quantitative estimate of drug-likeness (QED) is 0.716. The number of hydrogen-bond acceptors (Lipinski definition) is 4. The van der Waals surface area contributed by atoms with Crippen LogP contribution in [0.25, 0.3) is 10.8 Å². The fraction of sp³-hybridized carbons (Fsp3) is 0.292. The molecule has 1 aliphatic heterocycles. The van der Waals surface area contributed by atoms with Crippen molar-refractivity contribution in [2.24, 2.45) is 0 Å². The number of amides is 1. The first-order valence-corrected chi connectivity index (χ1v) is 10.1. The first kappa shape index (κ1) is 19.3. The van der Waals surface area contributed by atoms with Gasteiger partial charge in [0, 0.05) is 42.9 Å². The minimum Gasteiger partial charge on any atom is -0.497 e. The van der Waals surface area contributed by atoms with Gasteiger partial charge < -0.3 is 15.0 Å². The number of ether oxygens (including phenoxy) is 1. The summed E-state index contributed by atoms with van der Waals surface area (Å²) in [6.07, 6.45) is 1.04. The topological polar surface area (TPSA) is 44.8 Å². The highest BCUT2D eigenvalue weighted by Gasteiger charge is 2.18. The zero-order valence-corrected chi connectivity index (χ0v) is 16.8. The summed E-state index contributed by atoms with van der Waals surface area (Å²) in [6.45, 7) is 4.12. The van der Waals surface area contributed by atoms with Gasteiger partial charge in [-0.2, -0.15) is 0 Å². The Morgan fingerprint density at radius 1 is 0.931 bits per heavy atom. The largest absolute Gasteiger partial charge is 0.497 e. The van der Waals surface area contributed by atoms with E-state index in [2.05, 4.69) is 39.4 Å². The highest BCUT2D eigenvalue weighted by atomic mass is 16.5. The normalized spacial score (nSPS) is 15.1. The molecule has 29 heavy (non-hydrogen) atoms. The molecular formula is C24H27N3O2. The Morgan fingerprint density at radius 3 is 2.55 bits per heavy atom. The minimum atomic E-state index is 0.0410. The average Bonchev–Trinajstić information content (AvgIpc) is 2.99. The van der Waals surface area contributed by atoms with Crippen molar-refractivity contribution in [2.45, 2.75) is 6.42 Å². The number of anilines is 2. The monoisotopic (exact) mass is 389 g/mol. The van der Waals surface area contributed by atoms with E-state index >= 15 is 0 Å². The molecule has 0 radical (unpaired) electrons. The van der Waals surface area contributed by atoms with Crippen LogP contribution in [-0.2, 0) is 4.79 Å². The Kier molecular flexibility index (Phi) is 5.96. The van der Waals surface area contributed by atoms with E-state index < -0.39 is 0 Å². The predicted octanol–water partition coefficient (Wildman–Crippen LogP) is 4.00. The van der Waals surface area contributed by atoms with Crippen molar-refractivity contribution in [1.29, 1.82) is 0 Å². The van der Waals surface area contributed by atoms with Crippen LogP contribution in [0.5, 0.6) is 5.75 Å². The lowest BCUT2D eigenvalue weighted by atomic mass is 10.1. The van der Waals surface area contributed by atoms with Gasteiger partial charge in [0.15, 0.2) is 0 Å². The second kappa shape index (κ2) is 8.97. The smallest absolute Gasteiger partial charge is 0.238 e. The van der Waals surface area contributed by atoms with Crippen molar-refractivity contribution < 1.29 is 9.53 Å². The summed E-state index contributed by atoms with van der Waals surface area (Å²) in [6, 6.07) is 22.3. The van der Waals surface area contributed by atoms with Gasteiger partial charge in [0.2, 0.25) is 5.91 Å². The number of rotatable bonds is 5. The molecule has 0 unspecified atom stereocenters. The Balaban J connectivity index is 1.35. The molecule has 0 aromatic heterocycles.